The number of benzene rings is 2. The minimum absolute atomic E-state index is 0.0150. The average Bonchev–Trinajstić information content (AvgIpc) is 3.27. The summed E-state index contributed by atoms with van der Waals surface area (Å²) < 4.78 is 0.926. The zero-order valence-electron chi connectivity index (χ0n) is 15.3. The van der Waals surface area contributed by atoms with Crippen molar-refractivity contribution < 1.29 is 9.59 Å². The first-order valence-corrected chi connectivity index (χ1v) is 10.3. The van der Waals surface area contributed by atoms with Crippen LogP contribution >= 0.6 is 15.9 Å². The smallest absolute Gasteiger partial charge is 0.228 e. The minimum Gasteiger partial charge on any atom is -0.358 e. The number of fused-ring (bicyclic) bond motifs is 3. The van der Waals surface area contributed by atoms with Gasteiger partial charge in [-0.25, -0.2) is 0 Å². The third-order valence-electron chi connectivity index (χ3n) is 5.79. The standard InChI is InChI=1S/C22H20BrN3O2/c23-15-4-3-5-16(11-15)26-12-14(10-21(26)27)22(28)25-9-8-20-18(13-25)17-6-1-2-7-19(17)24-20/h1-7,11,14,24H,8-10,12-13H2. The van der Waals surface area contributed by atoms with E-state index in [4.69, 9.17) is 0 Å². The highest BCUT2D eigenvalue weighted by molar-refractivity contribution is 9.10. The molecule has 2 aliphatic rings. The second-order valence-electron chi connectivity index (χ2n) is 7.52. The number of aromatic amines is 1. The molecule has 2 aromatic carbocycles. The molecule has 142 valence electrons. The Hall–Kier alpha value is -2.60. The molecule has 1 fully saturated rings. The Labute approximate surface area is 171 Å². The Morgan fingerprint density at radius 3 is 2.86 bits per heavy atom. The van der Waals surface area contributed by atoms with Gasteiger partial charge in [-0.1, -0.05) is 40.2 Å². The van der Waals surface area contributed by atoms with Crippen LogP contribution in [0.25, 0.3) is 10.9 Å². The van der Waals surface area contributed by atoms with Crippen LogP contribution in [-0.2, 0) is 22.6 Å². The van der Waals surface area contributed by atoms with Crippen molar-refractivity contribution in [3.8, 4) is 0 Å². The highest BCUT2D eigenvalue weighted by Crippen LogP contribution is 2.31. The molecule has 6 heteroatoms. The van der Waals surface area contributed by atoms with E-state index in [1.165, 1.54) is 16.6 Å². The average molecular weight is 438 g/mol. The molecule has 1 N–H and O–H groups in total. The van der Waals surface area contributed by atoms with E-state index >= 15 is 0 Å². The fourth-order valence-electron chi connectivity index (χ4n) is 4.38. The van der Waals surface area contributed by atoms with Crippen LogP contribution in [0.1, 0.15) is 17.7 Å². The molecule has 2 amide bonds. The SMILES string of the molecule is O=C(C1CC(=O)N(c2cccc(Br)c2)C1)N1CCc2[nH]c3ccccc3c2C1. The van der Waals surface area contributed by atoms with Crippen molar-refractivity contribution in [1.82, 2.24) is 9.88 Å². The summed E-state index contributed by atoms with van der Waals surface area (Å²) in [6, 6.07) is 15.9. The monoisotopic (exact) mass is 437 g/mol. The van der Waals surface area contributed by atoms with Gasteiger partial charge in [0.2, 0.25) is 11.8 Å². The van der Waals surface area contributed by atoms with Crippen LogP contribution in [0.5, 0.6) is 0 Å². The molecule has 0 bridgehead atoms. The number of hydrogen-bond acceptors (Lipinski definition) is 2. The van der Waals surface area contributed by atoms with Gasteiger partial charge in [0.05, 0.1) is 5.92 Å². The van der Waals surface area contributed by atoms with E-state index in [1.54, 1.807) is 4.90 Å². The Bertz CT molecular complexity index is 1090. The molecular weight excluding hydrogens is 418 g/mol. The van der Waals surface area contributed by atoms with Gasteiger partial charge in [-0.05, 0) is 24.3 Å². The van der Waals surface area contributed by atoms with Gasteiger partial charge in [-0.3, -0.25) is 9.59 Å². The summed E-state index contributed by atoms with van der Waals surface area (Å²) in [5, 5.41) is 1.19. The van der Waals surface area contributed by atoms with Gasteiger partial charge in [0.25, 0.3) is 0 Å². The Morgan fingerprint density at radius 2 is 2.00 bits per heavy atom. The van der Waals surface area contributed by atoms with Gasteiger partial charge in [0.1, 0.15) is 0 Å². The Balaban J connectivity index is 1.35. The number of halogens is 1. The highest BCUT2D eigenvalue weighted by atomic mass is 79.9. The van der Waals surface area contributed by atoms with Crippen molar-refractivity contribution in [2.45, 2.75) is 19.4 Å². The molecule has 3 heterocycles. The molecule has 1 aromatic heterocycles. The topological polar surface area (TPSA) is 56.4 Å². The predicted molar refractivity (Wildman–Crippen MR) is 112 cm³/mol. The second-order valence-corrected chi connectivity index (χ2v) is 8.44. The fraction of sp³-hybridized carbons (Fsp3) is 0.273. The molecule has 5 rings (SSSR count). The van der Waals surface area contributed by atoms with Crippen LogP contribution in [0.2, 0.25) is 0 Å². The van der Waals surface area contributed by atoms with Gasteiger partial charge >= 0.3 is 0 Å². The lowest BCUT2D eigenvalue weighted by molar-refractivity contribution is -0.136. The summed E-state index contributed by atoms with van der Waals surface area (Å²) in [6.45, 7) is 1.76. The molecule has 0 aliphatic carbocycles. The first-order valence-electron chi connectivity index (χ1n) is 9.53. The zero-order valence-corrected chi connectivity index (χ0v) is 16.9. The number of para-hydroxylation sites is 1. The first kappa shape index (κ1) is 17.5. The molecule has 3 aromatic rings. The van der Waals surface area contributed by atoms with Crippen LogP contribution in [0, 0.1) is 5.92 Å². The summed E-state index contributed by atoms with van der Waals surface area (Å²) in [7, 11) is 0. The summed E-state index contributed by atoms with van der Waals surface area (Å²) in [6.07, 6.45) is 1.11. The van der Waals surface area contributed by atoms with E-state index in [-0.39, 0.29) is 24.2 Å². The number of H-pyrrole nitrogens is 1. The molecule has 2 aliphatic heterocycles. The highest BCUT2D eigenvalue weighted by Gasteiger charge is 2.38. The van der Waals surface area contributed by atoms with Crippen molar-refractivity contribution >= 4 is 44.3 Å². The van der Waals surface area contributed by atoms with Crippen molar-refractivity contribution in [2.24, 2.45) is 5.92 Å². The molecule has 5 nitrogen and oxygen atoms in total. The third-order valence-corrected chi connectivity index (χ3v) is 6.28. The van der Waals surface area contributed by atoms with E-state index in [1.807, 2.05) is 41.3 Å². The van der Waals surface area contributed by atoms with E-state index in [2.05, 4.69) is 33.0 Å². The summed E-state index contributed by atoms with van der Waals surface area (Å²) in [5.41, 5.74) is 4.40. The Morgan fingerprint density at radius 1 is 1.14 bits per heavy atom. The number of nitrogens with zero attached hydrogens (tertiary/aromatic N) is 2. The molecular formula is C22H20BrN3O2. The number of nitrogens with one attached hydrogen (secondary N) is 1. The van der Waals surface area contributed by atoms with E-state index in [9.17, 15) is 9.59 Å². The minimum atomic E-state index is -0.279. The van der Waals surface area contributed by atoms with Crippen molar-refractivity contribution in [1.29, 1.82) is 0 Å². The van der Waals surface area contributed by atoms with Crippen molar-refractivity contribution in [2.75, 3.05) is 18.0 Å². The van der Waals surface area contributed by atoms with Crippen LogP contribution in [-0.4, -0.2) is 34.8 Å². The lowest BCUT2D eigenvalue weighted by atomic mass is 10.0. The maximum Gasteiger partial charge on any atom is 0.228 e. The van der Waals surface area contributed by atoms with E-state index in [0.29, 0.717) is 19.6 Å². The van der Waals surface area contributed by atoms with Gasteiger partial charge < -0.3 is 14.8 Å². The number of rotatable bonds is 2. The third kappa shape index (κ3) is 2.92. The molecule has 0 radical (unpaired) electrons. The maximum absolute atomic E-state index is 13.2. The van der Waals surface area contributed by atoms with Crippen molar-refractivity contribution in [3.05, 3.63) is 64.3 Å². The van der Waals surface area contributed by atoms with Crippen LogP contribution < -0.4 is 4.90 Å². The molecule has 0 spiro atoms. The van der Waals surface area contributed by atoms with Crippen LogP contribution in [0.4, 0.5) is 5.69 Å². The fourth-order valence-corrected chi connectivity index (χ4v) is 4.77. The lowest BCUT2D eigenvalue weighted by Gasteiger charge is -2.29. The van der Waals surface area contributed by atoms with Gasteiger partial charge in [-0.15, -0.1) is 0 Å². The van der Waals surface area contributed by atoms with Gasteiger partial charge in [0.15, 0.2) is 0 Å². The zero-order chi connectivity index (χ0) is 19.3. The number of hydrogen-bond donors (Lipinski definition) is 1. The van der Waals surface area contributed by atoms with E-state index < -0.39 is 0 Å². The van der Waals surface area contributed by atoms with Crippen LogP contribution in [0.3, 0.4) is 0 Å². The molecule has 1 saturated heterocycles. The summed E-state index contributed by atoms with van der Waals surface area (Å²) in [4.78, 5) is 32.9. The van der Waals surface area contributed by atoms with Crippen LogP contribution in [0.15, 0.2) is 53.0 Å². The molecule has 1 unspecified atom stereocenters. The first-order chi connectivity index (χ1) is 13.6. The molecule has 0 saturated carbocycles. The summed E-state index contributed by atoms with van der Waals surface area (Å²) in [5.74, 6) is -0.179. The molecule has 28 heavy (non-hydrogen) atoms. The number of anilines is 1. The van der Waals surface area contributed by atoms with Gasteiger partial charge in [0, 0.05) is 64.8 Å². The predicted octanol–water partition coefficient (Wildman–Crippen LogP) is 3.87. The largest absolute Gasteiger partial charge is 0.358 e. The normalized spacial score (nSPS) is 19.3. The lowest BCUT2D eigenvalue weighted by Crippen LogP contribution is -2.40. The number of amides is 2. The quantitative estimate of drug-likeness (QED) is 0.661. The second kappa shape index (κ2) is 6.78. The van der Waals surface area contributed by atoms with Crippen molar-refractivity contribution in [3.63, 3.8) is 0 Å². The maximum atomic E-state index is 13.2. The summed E-state index contributed by atoms with van der Waals surface area (Å²) >= 11 is 3.45. The van der Waals surface area contributed by atoms with Gasteiger partial charge in [-0.2, -0.15) is 0 Å². The Kier molecular flexibility index (Phi) is 4.23. The number of carbonyl (C=O) groups is 2. The van der Waals surface area contributed by atoms with E-state index in [0.717, 1.165) is 22.1 Å². The number of aromatic nitrogens is 1. The molecule has 1 atom stereocenters. The number of carbonyl (C=O) groups excluding carboxylic acids is 2.